The van der Waals surface area contributed by atoms with Gasteiger partial charge in [-0.2, -0.15) is 5.10 Å². The third kappa shape index (κ3) is 5.06. The first-order chi connectivity index (χ1) is 14.7. The van der Waals surface area contributed by atoms with Crippen LogP contribution in [0.3, 0.4) is 0 Å². The Hall–Kier alpha value is -3.15. The van der Waals surface area contributed by atoms with Crippen LogP contribution in [0, 0.1) is 5.92 Å². The molecule has 1 amide bonds. The van der Waals surface area contributed by atoms with Gasteiger partial charge in [-0.05, 0) is 48.9 Å². The van der Waals surface area contributed by atoms with E-state index in [0.29, 0.717) is 30.1 Å². The van der Waals surface area contributed by atoms with Gasteiger partial charge in [0.1, 0.15) is 0 Å². The van der Waals surface area contributed by atoms with E-state index in [2.05, 4.69) is 20.8 Å². The minimum Gasteiger partial charge on any atom is -0.368 e. The van der Waals surface area contributed by atoms with E-state index in [1.165, 1.54) is 37.7 Å². The molecule has 1 saturated carbocycles. The molecular weight excluding hydrogens is 376 g/mol. The number of nitrogens with zero attached hydrogens (tertiary/aromatic N) is 1. The van der Waals surface area contributed by atoms with Gasteiger partial charge < -0.3 is 10.6 Å². The van der Waals surface area contributed by atoms with Gasteiger partial charge in [0, 0.05) is 24.0 Å². The van der Waals surface area contributed by atoms with Crippen molar-refractivity contribution in [1.29, 1.82) is 0 Å². The Morgan fingerprint density at radius 3 is 2.50 bits per heavy atom. The second kappa shape index (κ2) is 9.57. The normalized spacial score (nSPS) is 14.5. The monoisotopic (exact) mass is 404 g/mol. The summed E-state index contributed by atoms with van der Waals surface area (Å²) in [6.07, 6.45) is 7.62. The summed E-state index contributed by atoms with van der Waals surface area (Å²) >= 11 is 0. The van der Waals surface area contributed by atoms with Gasteiger partial charge in [-0.15, -0.1) is 0 Å². The van der Waals surface area contributed by atoms with Crippen LogP contribution < -0.4 is 16.2 Å². The lowest BCUT2D eigenvalue weighted by Crippen LogP contribution is -2.18. The zero-order valence-corrected chi connectivity index (χ0v) is 17.1. The van der Waals surface area contributed by atoms with Crippen LogP contribution in [0.25, 0.3) is 10.8 Å². The van der Waals surface area contributed by atoms with Gasteiger partial charge >= 0.3 is 0 Å². The number of aromatic nitrogens is 2. The van der Waals surface area contributed by atoms with E-state index in [1.54, 1.807) is 6.07 Å². The van der Waals surface area contributed by atoms with Gasteiger partial charge in [-0.25, -0.2) is 5.10 Å². The summed E-state index contributed by atoms with van der Waals surface area (Å²) < 4.78 is 0. The van der Waals surface area contributed by atoms with E-state index in [-0.39, 0.29) is 11.5 Å². The second-order valence-corrected chi connectivity index (χ2v) is 8.08. The first-order valence-corrected chi connectivity index (χ1v) is 10.8. The Morgan fingerprint density at radius 2 is 1.73 bits per heavy atom. The van der Waals surface area contributed by atoms with Crippen LogP contribution in [-0.2, 0) is 11.2 Å². The van der Waals surface area contributed by atoms with Crippen LogP contribution in [0.5, 0.6) is 0 Å². The molecule has 30 heavy (non-hydrogen) atoms. The molecule has 1 aliphatic rings. The summed E-state index contributed by atoms with van der Waals surface area (Å²) in [6, 6.07) is 15.4. The van der Waals surface area contributed by atoms with Crippen molar-refractivity contribution in [1.82, 2.24) is 10.2 Å². The molecular formula is C24H28N4O2. The number of aromatic amines is 1. The summed E-state index contributed by atoms with van der Waals surface area (Å²) in [5.41, 5.74) is 1.83. The molecule has 0 radical (unpaired) electrons. The molecule has 0 atom stereocenters. The van der Waals surface area contributed by atoms with E-state index < -0.39 is 0 Å². The number of carbonyl (C=O) groups is 1. The predicted molar refractivity (Wildman–Crippen MR) is 121 cm³/mol. The van der Waals surface area contributed by atoms with Crippen molar-refractivity contribution in [3.63, 3.8) is 0 Å². The highest BCUT2D eigenvalue weighted by molar-refractivity contribution is 5.91. The van der Waals surface area contributed by atoms with E-state index in [0.717, 1.165) is 17.5 Å². The number of rotatable bonds is 7. The molecule has 156 valence electrons. The number of H-pyrrole nitrogens is 1. The number of hydrogen-bond acceptors (Lipinski definition) is 4. The third-order valence-electron chi connectivity index (χ3n) is 5.84. The number of benzene rings is 2. The SMILES string of the molecule is O=C(CC1CCCCC1)Nc1ccc(CCNc2n[nH]c(=O)c3ccccc23)cc1. The molecule has 4 rings (SSSR count). The number of carbonyl (C=O) groups excluding carboxylic acids is 1. The fraction of sp³-hybridized carbons (Fsp3) is 0.375. The molecule has 3 aromatic rings. The summed E-state index contributed by atoms with van der Waals surface area (Å²) in [5.74, 6) is 1.34. The summed E-state index contributed by atoms with van der Waals surface area (Å²) in [6.45, 7) is 0.691. The highest BCUT2D eigenvalue weighted by Gasteiger charge is 2.17. The van der Waals surface area contributed by atoms with Crippen molar-refractivity contribution in [2.45, 2.75) is 44.9 Å². The molecule has 1 fully saturated rings. The number of nitrogens with one attached hydrogen (secondary N) is 3. The highest BCUT2D eigenvalue weighted by Crippen LogP contribution is 2.26. The fourth-order valence-corrected chi connectivity index (χ4v) is 4.19. The lowest BCUT2D eigenvalue weighted by atomic mass is 9.87. The van der Waals surface area contributed by atoms with Gasteiger partial charge in [0.15, 0.2) is 5.82 Å². The van der Waals surface area contributed by atoms with Crippen LogP contribution >= 0.6 is 0 Å². The summed E-state index contributed by atoms with van der Waals surface area (Å²) in [4.78, 5) is 24.1. The zero-order chi connectivity index (χ0) is 20.8. The standard InChI is InChI=1S/C24H28N4O2/c29-22(16-18-6-2-1-3-7-18)26-19-12-10-17(11-13-19)14-15-25-23-20-8-4-5-9-21(20)24(30)28-27-23/h4-5,8-13,18H,1-3,6-7,14-16H2,(H,25,27)(H,26,29)(H,28,30). The summed E-state index contributed by atoms with van der Waals surface area (Å²) in [7, 11) is 0. The maximum Gasteiger partial charge on any atom is 0.272 e. The largest absolute Gasteiger partial charge is 0.368 e. The van der Waals surface area contributed by atoms with Crippen LogP contribution in [0.2, 0.25) is 0 Å². The molecule has 0 unspecified atom stereocenters. The molecule has 0 saturated heterocycles. The Labute approximate surface area is 176 Å². The zero-order valence-electron chi connectivity index (χ0n) is 17.1. The molecule has 1 heterocycles. The van der Waals surface area contributed by atoms with Crippen LogP contribution in [-0.4, -0.2) is 22.6 Å². The van der Waals surface area contributed by atoms with Crippen molar-refractivity contribution in [3.05, 3.63) is 64.4 Å². The van der Waals surface area contributed by atoms with Gasteiger partial charge in [0.2, 0.25) is 5.91 Å². The van der Waals surface area contributed by atoms with Crippen molar-refractivity contribution >= 4 is 28.2 Å². The van der Waals surface area contributed by atoms with E-state index >= 15 is 0 Å². The van der Waals surface area contributed by atoms with Crippen molar-refractivity contribution in [2.24, 2.45) is 5.92 Å². The van der Waals surface area contributed by atoms with Crippen molar-refractivity contribution in [3.8, 4) is 0 Å². The number of anilines is 2. The maximum atomic E-state index is 12.3. The van der Waals surface area contributed by atoms with Gasteiger partial charge in [0.05, 0.1) is 5.39 Å². The molecule has 1 aliphatic carbocycles. The van der Waals surface area contributed by atoms with Crippen molar-refractivity contribution in [2.75, 3.05) is 17.2 Å². The van der Waals surface area contributed by atoms with Gasteiger partial charge in [-0.3, -0.25) is 9.59 Å². The number of hydrogen-bond donors (Lipinski definition) is 3. The Bertz CT molecular complexity index is 1050. The number of fused-ring (bicyclic) bond motifs is 1. The lowest BCUT2D eigenvalue weighted by Gasteiger charge is -2.20. The van der Waals surface area contributed by atoms with E-state index in [9.17, 15) is 9.59 Å². The lowest BCUT2D eigenvalue weighted by molar-refractivity contribution is -0.117. The van der Waals surface area contributed by atoms with E-state index in [4.69, 9.17) is 0 Å². The van der Waals surface area contributed by atoms with Crippen LogP contribution in [0.1, 0.15) is 44.1 Å². The van der Waals surface area contributed by atoms with Crippen LogP contribution in [0.4, 0.5) is 11.5 Å². The molecule has 0 bridgehead atoms. The minimum absolute atomic E-state index is 0.118. The van der Waals surface area contributed by atoms with Crippen molar-refractivity contribution < 1.29 is 4.79 Å². The average Bonchev–Trinajstić information content (AvgIpc) is 2.77. The van der Waals surface area contributed by atoms with Gasteiger partial charge in [-0.1, -0.05) is 49.6 Å². The smallest absolute Gasteiger partial charge is 0.272 e. The quantitative estimate of drug-likeness (QED) is 0.542. The highest BCUT2D eigenvalue weighted by atomic mass is 16.1. The van der Waals surface area contributed by atoms with E-state index in [1.807, 2.05) is 42.5 Å². The predicted octanol–water partition coefficient (Wildman–Crippen LogP) is 4.49. The van der Waals surface area contributed by atoms with Gasteiger partial charge in [0.25, 0.3) is 5.56 Å². The fourth-order valence-electron chi connectivity index (χ4n) is 4.19. The summed E-state index contributed by atoms with van der Waals surface area (Å²) in [5, 5.41) is 14.4. The Balaban J connectivity index is 1.28. The third-order valence-corrected chi connectivity index (χ3v) is 5.84. The molecule has 6 heteroatoms. The second-order valence-electron chi connectivity index (χ2n) is 8.08. The molecule has 1 aromatic heterocycles. The molecule has 2 aromatic carbocycles. The maximum absolute atomic E-state index is 12.3. The number of amides is 1. The molecule has 0 aliphatic heterocycles. The first-order valence-electron chi connectivity index (χ1n) is 10.8. The van der Waals surface area contributed by atoms with Crippen LogP contribution in [0.15, 0.2) is 53.3 Å². The molecule has 3 N–H and O–H groups in total. The minimum atomic E-state index is -0.183. The topological polar surface area (TPSA) is 86.9 Å². The first kappa shape index (κ1) is 20.1. The average molecular weight is 405 g/mol. The Morgan fingerprint density at radius 1 is 1.00 bits per heavy atom. The molecule has 6 nitrogen and oxygen atoms in total. The Kier molecular flexibility index (Phi) is 6.42. The molecule has 0 spiro atoms.